The van der Waals surface area contributed by atoms with E-state index in [4.69, 9.17) is 9.47 Å². The third-order valence-electron chi connectivity index (χ3n) is 7.81. The first-order chi connectivity index (χ1) is 21.7. The Morgan fingerprint density at radius 1 is 0.848 bits per heavy atom. The number of rotatable bonds is 17. The molecule has 0 spiro atoms. The Balaban J connectivity index is 1.45. The summed E-state index contributed by atoms with van der Waals surface area (Å²) in [5, 5.41) is 6.38. The van der Waals surface area contributed by atoms with Crippen molar-refractivity contribution in [3.8, 4) is 0 Å². The number of amides is 2. The molecule has 0 bridgehead atoms. The second-order valence-corrected chi connectivity index (χ2v) is 15.0. The molecule has 1 fully saturated rings. The van der Waals surface area contributed by atoms with Gasteiger partial charge < -0.3 is 20.1 Å². The predicted octanol–water partition coefficient (Wildman–Crippen LogP) is 4.82. The van der Waals surface area contributed by atoms with Gasteiger partial charge in [-0.2, -0.15) is 0 Å². The lowest BCUT2D eigenvalue weighted by molar-refractivity contribution is -0.139. The van der Waals surface area contributed by atoms with Crippen molar-refractivity contribution in [3.63, 3.8) is 0 Å². The van der Waals surface area contributed by atoms with Crippen LogP contribution in [0.15, 0.2) is 47.4 Å². The Hall–Kier alpha value is -3.19. The molecule has 12 heteroatoms. The van der Waals surface area contributed by atoms with E-state index in [2.05, 4.69) is 60.8 Å². The van der Waals surface area contributed by atoms with Crippen LogP contribution in [-0.2, 0) is 35.5 Å². The first kappa shape index (κ1) is 37.3. The standard InChI is InChI=1S/C34H53N5O6S/c1-7-8-9-18-44-19-10-20-45-21-17-26-22-30(16-11-25(26)2)46(42,43)38-28-14-12-27(13-15-28)36-37-32(41)31(40)35-29-23-33(3,4)39-34(5,6)24-29/h11-16,22,29,36,38-39H,7-10,17-21,23-24H2,1-6H3,(H,35,40)(H,37,41). The number of hydrogen-bond donors (Lipinski definition) is 5. The number of ether oxygens (including phenoxy) is 2. The van der Waals surface area contributed by atoms with E-state index in [0.717, 1.165) is 30.6 Å². The molecule has 0 atom stereocenters. The van der Waals surface area contributed by atoms with Gasteiger partial charge in [0, 0.05) is 42.6 Å². The number of hydrogen-bond acceptors (Lipinski definition) is 8. The van der Waals surface area contributed by atoms with Gasteiger partial charge in [0.2, 0.25) is 0 Å². The van der Waals surface area contributed by atoms with Gasteiger partial charge in [-0.3, -0.25) is 25.2 Å². The minimum Gasteiger partial charge on any atom is -0.381 e. The Morgan fingerprint density at radius 3 is 2.11 bits per heavy atom. The first-order valence-corrected chi connectivity index (χ1v) is 17.7. The number of anilines is 2. The Bertz CT molecular complexity index is 1380. The number of sulfonamides is 1. The number of nitrogens with one attached hydrogen (secondary N) is 5. The molecule has 2 aromatic carbocycles. The smallest absolute Gasteiger partial charge is 0.327 e. The molecular formula is C34H53N5O6S. The lowest BCUT2D eigenvalue weighted by atomic mass is 9.79. The van der Waals surface area contributed by atoms with Crippen molar-refractivity contribution in [2.24, 2.45) is 0 Å². The summed E-state index contributed by atoms with van der Waals surface area (Å²) < 4.78 is 40.2. The molecule has 1 aliphatic heterocycles. The van der Waals surface area contributed by atoms with Crippen LogP contribution in [0.5, 0.6) is 0 Å². The van der Waals surface area contributed by atoms with E-state index in [1.807, 2.05) is 6.92 Å². The third-order valence-corrected chi connectivity index (χ3v) is 9.18. The Labute approximate surface area is 275 Å². The Kier molecular flexibility index (Phi) is 13.9. The number of piperidine rings is 1. The van der Waals surface area contributed by atoms with Gasteiger partial charge in [-0.25, -0.2) is 8.42 Å². The highest BCUT2D eigenvalue weighted by Crippen LogP contribution is 2.28. The molecule has 256 valence electrons. The van der Waals surface area contributed by atoms with Crippen LogP contribution in [0.3, 0.4) is 0 Å². The first-order valence-electron chi connectivity index (χ1n) is 16.2. The van der Waals surface area contributed by atoms with E-state index < -0.39 is 21.8 Å². The van der Waals surface area contributed by atoms with Crippen molar-refractivity contribution in [2.45, 2.75) is 109 Å². The summed E-state index contributed by atoms with van der Waals surface area (Å²) in [6.45, 7) is 15.0. The molecule has 2 aromatic rings. The second-order valence-electron chi connectivity index (χ2n) is 13.4. The van der Waals surface area contributed by atoms with Gasteiger partial charge in [-0.05, 0) is 114 Å². The van der Waals surface area contributed by atoms with Gasteiger partial charge in [0.1, 0.15) is 0 Å². The lowest BCUT2D eigenvalue weighted by Crippen LogP contribution is -2.63. The number of carbonyl (C=O) groups is 2. The lowest BCUT2D eigenvalue weighted by Gasteiger charge is -2.46. The number of hydrazine groups is 1. The molecule has 3 rings (SSSR count). The highest BCUT2D eigenvalue weighted by atomic mass is 32.2. The van der Waals surface area contributed by atoms with E-state index >= 15 is 0 Å². The molecule has 0 aromatic heterocycles. The zero-order chi connectivity index (χ0) is 33.8. The third kappa shape index (κ3) is 12.5. The maximum atomic E-state index is 13.1. The van der Waals surface area contributed by atoms with Crippen LogP contribution >= 0.6 is 0 Å². The minimum atomic E-state index is -3.84. The molecule has 0 saturated carbocycles. The number of unbranched alkanes of at least 4 members (excludes halogenated alkanes) is 2. The van der Waals surface area contributed by atoms with Crippen molar-refractivity contribution in [1.29, 1.82) is 0 Å². The molecular weight excluding hydrogens is 606 g/mol. The summed E-state index contributed by atoms with van der Waals surface area (Å²) in [5.41, 5.74) is 7.51. The van der Waals surface area contributed by atoms with Crippen LogP contribution in [-0.4, -0.2) is 63.8 Å². The quantitative estimate of drug-likeness (QED) is 0.0923. The summed E-state index contributed by atoms with van der Waals surface area (Å²) >= 11 is 0. The average molecular weight is 660 g/mol. The SMILES string of the molecule is CCCCCOCCCOCCc1cc(S(=O)(=O)Nc2ccc(NNC(=O)C(=O)NC3CC(C)(C)NC(C)(C)C3)cc2)ccc1C. The van der Waals surface area contributed by atoms with Crippen molar-refractivity contribution in [2.75, 3.05) is 36.6 Å². The molecule has 1 heterocycles. The summed E-state index contributed by atoms with van der Waals surface area (Å²) in [5.74, 6) is -1.53. The van der Waals surface area contributed by atoms with E-state index in [0.29, 0.717) is 50.5 Å². The van der Waals surface area contributed by atoms with E-state index in [-0.39, 0.29) is 22.0 Å². The summed E-state index contributed by atoms with van der Waals surface area (Å²) in [4.78, 5) is 25.1. The molecule has 0 radical (unpaired) electrons. The van der Waals surface area contributed by atoms with E-state index in [1.54, 1.807) is 42.5 Å². The van der Waals surface area contributed by atoms with Crippen LogP contribution in [0.25, 0.3) is 0 Å². The molecule has 46 heavy (non-hydrogen) atoms. The van der Waals surface area contributed by atoms with Crippen LogP contribution in [0.4, 0.5) is 11.4 Å². The molecule has 0 aliphatic carbocycles. The van der Waals surface area contributed by atoms with E-state index in [1.165, 1.54) is 12.8 Å². The van der Waals surface area contributed by atoms with Crippen LogP contribution in [0, 0.1) is 6.92 Å². The maximum absolute atomic E-state index is 13.1. The molecule has 5 N–H and O–H groups in total. The van der Waals surface area contributed by atoms with Crippen LogP contribution in [0.1, 0.15) is 84.3 Å². The van der Waals surface area contributed by atoms with Gasteiger partial charge in [-0.15, -0.1) is 0 Å². The molecule has 2 amide bonds. The normalized spacial score (nSPS) is 16.0. The fourth-order valence-corrected chi connectivity index (χ4v) is 6.99. The molecule has 1 saturated heterocycles. The Morgan fingerprint density at radius 2 is 1.46 bits per heavy atom. The molecule has 11 nitrogen and oxygen atoms in total. The highest BCUT2D eigenvalue weighted by Gasteiger charge is 2.38. The fraction of sp³-hybridized carbons (Fsp3) is 0.588. The topological polar surface area (TPSA) is 147 Å². The van der Waals surface area contributed by atoms with Crippen molar-refractivity contribution < 1.29 is 27.5 Å². The second kappa shape index (κ2) is 17.1. The van der Waals surface area contributed by atoms with Gasteiger partial charge in [-0.1, -0.05) is 25.8 Å². The average Bonchev–Trinajstić information content (AvgIpc) is 2.96. The van der Waals surface area contributed by atoms with Gasteiger partial charge in [0.05, 0.1) is 17.2 Å². The zero-order valence-corrected chi connectivity index (χ0v) is 29.1. The number of carbonyl (C=O) groups excluding carboxylic acids is 2. The summed E-state index contributed by atoms with van der Waals surface area (Å²) in [6, 6.07) is 11.3. The largest absolute Gasteiger partial charge is 0.381 e. The monoisotopic (exact) mass is 659 g/mol. The minimum absolute atomic E-state index is 0.134. The van der Waals surface area contributed by atoms with Crippen LogP contribution in [0.2, 0.25) is 0 Å². The summed E-state index contributed by atoms with van der Waals surface area (Å²) in [7, 11) is -3.84. The number of aryl methyl sites for hydroxylation is 1. The van der Waals surface area contributed by atoms with E-state index in [9.17, 15) is 18.0 Å². The van der Waals surface area contributed by atoms with Crippen molar-refractivity contribution >= 4 is 33.2 Å². The van der Waals surface area contributed by atoms with Gasteiger partial charge >= 0.3 is 11.8 Å². The predicted molar refractivity (Wildman–Crippen MR) is 182 cm³/mol. The van der Waals surface area contributed by atoms with Crippen molar-refractivity contribution in [3.05, 3.63) is 53.6 Å². The maximum Gasteiger partial charge on any atom is 0.327 e. The zero-order valence-electron chi connectivity index (χ0n) is 28.3. The number of benzene rings is 2. The highest BCUT2D eigenvalue weighted by molar-refractivity contribution is 7.92. The summed E-state index contributed by atoms with van der Waals surface area (Å²) in [6.07, 6.45) is 6.29. The van der Waals surface area contributed by atoms with Crippen molar-refractivity contribution in [1.82, 2.24) is 16.1 Å². The van der Waals surface area contributed by atoms with Gasteiger partial charge in [0.15, 0.2) is 0 Å². The molecule has 0 unspecified atom stereocenters. The van der Waals surface area contributed by atoms with Crippen LogP contribution < -0.4 is 26.2 Å². The van der Waals surface area contributed by atoms with Gasteiger partial charge in [0.25, 0.3) is 10.0 Å². The molecule has 1 aliphatic rings. The fourth-order valence-electron chi connectivity index (χ4n) is 5.88.